The number of carbonyl (C=O) groups is 2. The quantitative estimate of drug-likeness (QED) is 0.822. The van der Waals surface area contributed by atoms with Crippen LogP contribution in [0.15, 0.2) is 48.5 Å². The lowest BCUT2D eigenvalue weighted by atomic mass is 10.1. The second-order valence-electron chi connectivity index (χ2n) is 7.53. The van der Waals surface area contributed by atoms with E-state index >= 15 is 0 Å². The zero-order chi connectivity index (χ0) is 19.5. The molecule has 2 fully saturated rings. The summed E-state index contributed by atoms with van der Waals surface area (Å²) in [5.74, 6) is -1.34. The molecule has 1 aliphatic heterocycles. The summed E-state index contributed by atoms with van der Waals surface area (Å²) in [7, 11) is 0. The van der Waals surface area contributed by atoms with Crippen molar-refractivity contribution >= 4 is 28.9 Å². The molecule has 4 rings (SSSR count). The predicted molar refractivity (Wildman–Crippen MR) is 108 cm³/mol. The Labute approximate surface area is 163 Å². The summed E-state index contributed by atoms with van der Waals surface area (Å²) >= 11 is 0. The molecule has 2 unspecified atom stereocenters. The van der Waals surface area contributed by atoms with Crippen molar-refractivity contribution < 1.29 is 14.0 Å². The van der Waals surface area contributed by atoms with Crippen molar-refractivity contribution in [2.75, 3.05) is 28.6 Å². The van der Waals surface area contributed by atoms with Crippen molar-refractivity contribution in [1.29, 1.82) is 0 Å². The van der Waals surface area contributed by atoms with Crippen LogP contribution in [0.5, 0.6) is 0 Å². The van der Waals surface area contributed by atoms with Crippen molar-refractivity contribution in [3.63, 3.8) is 0 Å². The number of benzene rings is 2. The molecule has 2 atom stereocenters. The zero-order valence-electron chi connectivity index (χ0n) is 15.7. The third-order valence-electron chi connectivity index (χ3n) is 5.43. The predicted octanol–water partition coefficient (Wildman–Crippen LogP) is 4.03. The Morgan fingerprint density at radius 3 is 1.82 bits per heavy atom. The molecule has 5 nitrogen and oxygen atoms in total. The van der Waals surface area contributed by atoms with Gasteiger partial charge in [0.2, 0.25) is 11.8 Å². The molecule has 0 bridgehead atoms. The van der Waals surface area contributed by atoms with E-state index in [1.807, 2.05) is 24.3 Å². The Bertz CT molecular complexity index is 845. The van der Waals surface area contributed by atoms with Gasteiger partial charge in [0.15, 0.2) is 0 Å². The summed E-state index contributed by atoms with van der Waals surface area (Å²) in [6.45, 7) is 2.16. The molecule has 2 aromatic carbocycles. The van der Waals surface area contributed by atoms with Gasteiger partial charge >= 0.3 is 0 Å². The highest BCUT2D eigenvalue weighted by atomic mass is 19.1. The van der Waals surface area contributed by atoms with E-state index in [0.717, 1.165) is 18.8 Å². The minimum Gasteiger partial charge on any atom is -0.372 e. The molecule has 2 aromatic rings. The van der Waals surface area contributed by atoms with Crippen molar-refractivity contribution in [1.82, 2.24) is 0 Å². The summed E-state index contributed by atoms with van der Waals surface area (Å²) in [6, 6.07) is 13.5. The Morgan fingerprint density at radius 2 is 1.29 bits per heavy atom. The van der Waals surface area contributed by atoms with E-state index in [2.05, 4.69) is 15.5 Å². The maximum atomic E-state index is 12.9. The van der Waals surface area contributed by atoms with Gasteiger partial charge in [-0.2, -0.15) is 0 Å². The summed E-state index contributed by atoms with van der Waals surface area (Å²) < 4.78 is 12.9. The molecule has 146 valence electrons. The van der Waals surface area contributed by atoms with Crippen LogP contribution in [0.25, 0.3) is 0 Å². The summed E-state index contributed by atoms with van der Waals surface area (Å²) in [4.78, 5) is 27.0. The van der Waals surface area contributed by atoms with Gasteiger partial charge in [0, 0.05) is 30.2 Å². The number of amides is 2. The minimum atomic E-state index is -0.354. The molecule has 2 aliphatic rings. The number of anilines is 3. The number of nitrogens with one attached hydrogen (secondary N) is 2. The topological polar surface area (TPSA) is 61.4 Å². The van der Waals surface area contributed by atoms with Gasteiger partial charge in [0.1, 0.15) is 5.82 Å². The van der Waals surface area contributed by atoms with Crippen LogP contribution in [0, 0.1) is 17.7 Å². The lowest BCUT2D eigenvalue weighted by Gasteiger charge is -2.28. The molecular weight excluding hydrogens is 357 g/mol. The average Bonchev–Trinajstić information content (AvgIpc) is 3.52. The van der Waals surface area contributed by atoms with Gasteiger partial charge in [-0.05, 0) is 74.2 Å². The van der Waals surface area contributed by atoms with Crippen LogP contribution in [0.2, 0.25) is 0 Å². The van der Waals surface area contributed by atoms with Crippen LogP contribution in [0.3, 0.4) is 0 Å². The van der Waals surface area contributed by atoms with Gasteiger partial charge in [-0.15, -0.1) is 0 Å². The maximum absolute atomic E-state index is 12.9. The van der Waals surface area contributed by atoms with Gasteiger partial charge in [-0.25, -0.2) is 4.39 Å². The monoisotopic (exact) mass is 381 g/mol. The van der Waals surface area contributed by atoms with E-state index in [1.165, 1.54) is 49.2 Å². The van der Waals surface area contributed by atoms with Gasteiger partial charge in [0.25, 0.3) is 0 Å². The first-order valence-electron chi connectivity index (χ1n) is 9.82. The highest BCUT2D eigenvalue weighted by Crippen LogP contribution is 2.40. The number of piperidine rings is 1. The second kappa shape index (κ2) is 8.00. The van der Waals surface area contributed by atoms with Crippen LogP contribution < -0.4 is 15.5 Å². The standard InChI is InChI=1S/C22H24FN3O2/c23-15-4-6-16(7-5-15)24-21(27)19-14-20(19)22(28)25-17-8-10-18(11-9-17)26-12-2-1-3-13-26/h4-11,19-20H,1-3,12-14H2,(H,24,27)(H,25,28). The van der Waals surface area contributed by atoms with Crippen LogP contribution in [-0.4, -0.2) is 24.9 Å². The molecule has 28 heavy (non-hydrogen) atoms. The van der Waals surface area contributed by atoms with Crippen LogP contribution in [0.1, 0.15) is 25.7 Å². The molecule has 2 amide bonds. The second-order valence-corrected chi connectivity index (χ2v) is 7.53. The molecule has 1 saturated carbocycles. The first-order chi connectivity index (χ1) is 13.6. The highest BCUT2D eigenvalue weighted by Gasteiger charge is 2.48. The van der Waals surface area contributed by atoms with E-state index < -0.39 is 0 Å². The largest absolute Gasteiger partial charge is 0.372 e. The minimum absolute atomic E-state index is 0.134. The Balaban J connectivity index is 1.28. The first-order valence-corrected chi connectivity index (χ1v) is 9.82. The molecule has 6 heteroatoms. The van der Waals surface area contributed by atoms with E-state index in [4.69, 9.17) is 0 Å². The first kappa shape index (κ1) is 18.5. The number of nitrogens with zero attached hydrogens (tertiary/aromatic N) is 1. The number of hydrogen-bond donors (Lipinski definition) is 2. The third kappa shape index (κ3) is 4.32. The van der Waals surface area contributed by atoms with Gasteiger partial charge in [-0.3, -0.25) is 9.59 Å². The van der Waals surface area contributed by atoms with Crippen molar-refractivity contribution in [2.45, 2.75) is 25.7 Å². The number of halogens is 1. The summed E-state index contributed by atoms with van der Waals surface area (Å²) in [5.41, 5.74) is 2.46. The third-order valence-corrected chi connectivity index (χ3v) is 5.43. The number of rotatable bonds is 5. The fourth-order valence-electron chi connectivity index (χ4n) is 3.69. The van der Waals surface area contributed by atoms with E-state index in [9.17, 15) is 14.0 Å². The maximum Gasteiger partial charge on any atom is 0.228 e. The smallest absolute Gasteiger partial charge is 0.228 e. The van der Waals surface area contributed by atoms with Gasteiger partial charge < -0.3 is 15.5 Å². The molecule has 0 spiro atoms. The summed E-state index contributed by atoms with van der Waals surface area (Å²) in [6.07, 6.45) is 4.27. The zero-order valence-corrected chi connectivity index (χ0v) is 15.7. The average molecular weight is 381 g/mol. The number of carbonyl (C=O) groups excluding carboxylic acids is 2. The molecule has 0 radical (unpaired) electrons. The number of hydrogen-bond acceptors (Lipinski definition) is 3. The van der Waals surface area contributed by atoms with Gasteiger partial charge in [-0.1, -0.05) is 0 Å². The molecule has 1 saturated heterocycles. The lowest BCUT2D eigenvalue weighted by molar-refractivity contribution is -0.122. The highest BCUT2D eigenvalue weighted by molar-refractivity contribution is 6.03. The molecule has 0 aromatic heterocycles. The van der Waals surface area contributed by atoms with Crippen LogP contribution in [0.4, 0.5) is 21.5 Å². The fourth-order valence-corrected chi connectivity index (χ4v) is 3.69. The Hall–Kier alpha value is -2.89. The van der Waals surface area contributed by atoms with E-state index in [0.29, 0.717) is 12.1 Å². The molecular formula is C22H24FN3O2. The van der Waals surface area contributed by atoms with Crippen LogP contribution in [-0.2, 0) is 9.59 Å². The van der Waals surface area contributed by atoms with E-state index in [-0.39, 0.29) is 29.5 Å². The van der Waals surface area contributed by atoms with Crippen molar-refractivity contribution in [2.24, 2.45) is 11.8 Å². The fraction of sp³-hybridized carbons (Fsp3) is 0.364. The van der Waals surface area contributed by atoms with Crippen molar-refractivity contribution in [3.8, 4) is 0 Å². The Kier molecular flexibility index (Phi) is 5.28. The molecule has 1 heterocycles. The van der Waals surface area contributed by atoms with E-state index in [1.54, 1.807) is 0 Å². The summed E-state index contributed by atoms with van der Waals surface area (Å²) in [5, 5.41) is 5.64. The molecule has 2 N–H and O–H groups in total. The van der Waals surface area contributed by atoms with Gasteiger partial charge in [0.05, 0.1) is 11.8 Å². The Morgan fingerprint density at radius 1 is 0.786 bits per heavy atom. The van der Waals surface area contributed by atoms with Crippen molar-refractivity contribution in [3.05, 3.63) is 54.3 Å². The normalized spacial score (nSPS) is 21.1. The SMILES string of the molecule is O=C(Nc1ccc(F)cc1)C1CC1C(=O)Nc1ccc(N2CCCCC2)cc1. The van der Waals surface area contributed by atoms with Crippen LogP contribution >= 0.6 is 0 Å². The molecule has 1 aliphatic carbocycles. The lowest BCUT2D eigenvalue weighted by Crippen LogP contribution is -2.29.